The first-order valence-electron chi connectivity index (χ1n) is 9.95. The van der Waals surface area contributed by atoms with Gasteiger partial charge in [0.05, 0.1) is 16.1 Å². The monoisotopic (exact) mass is 388 g/mol. The van der Waals surface area contributed by atoms with Gasteiger partial charge in [-0.2, -0.15) is 0 Å². The molecule has 0 unspecified atom stereocenters. The van der Waals surface area contributed by atoms with Crippen LogP contribution in [0.2, 0.25) is 0 Å². The zero-order chi connectivity index (χ0) is 20.7. The lowest BCUT2D eigenvalue weighted by Crippen LogP contribution is -2.10. The molecule has 2 aromatic carbocycles. The Balaban J connectivity index is 2.03. The van der Waals surface area contributed by atoms with Crippen LogP contribution in [0, 0.1) is 15.5 Å². The number of rotatable bonds is 4. The summed E-state index contributed by atoms with van der Waals surface area (Å²) in [6.45, 7) is 3.93. The second-order valence-electron chi connectivity index (χ2n) is 7.92. The molecule has 29 heavy (non-hydrogen) atoms. The molecule has 0 aliphatic heterocycles. The molecule has 0 bridgehead atoms. The lowest BCUT2D eigenvalue weighted by atomic mass is 9.84. The maximum Gasteiger partial charge on any atom is 0.272 e. The molecule has 0 spiro atoms. The second-order valence-corrected chi connectivity index (χ2v) is 7.92. The van der Waals surface area contributed by atoms with Crippen molar-refractivity contribution >= 4 is 28.5 Å². The fraction of sp³-hybridized carbons (Fsp3) is 0.304. The number of aromatic nitrogens is 1. The molecule has 0 saturated carbocycles. The predicted molar refractivity (Wildman–Crippen MR) is 117 cm³/mol. The lowest BCUT2D eigenvalue weighted by molar-refractivity contribution is -0.385. The number of hydrogen-bond acceptors (Lipinski definition) is 5. The van der Waals surface area contributed by atoms with E-state index in [1.165, 1.54) is 17.3 Å². The molecular weight excluding hydrogens is 364 g/mol. The molecule has 148 valence electrons. The normalized spacial score (nSPS) is 13.5. The van der Waals surface area contributed by atoms with Crippen molar-refractivity contribution in [2.24, 2.45) is 0 Å². The van der Waals surface area contributed by atoms with Crippen LogP contribution in [0.25, 0.3) is 22.2 Å². The first-order valence-corrected chi connectivity index (χ1v) is 9.95. The zero-order valence-electron chi connectivity index (χ0n) is 16.7. The molecule has 3 N–H and O–H groups in total. The lowest BCUT2D eigenvalue weighted by Gasteiger charge is -2.23. The Morgan fingerprint density at radius 2 is 1.90 bits per heavy atom. The molecule has 6 nitrogen and oxygen atoms in total. The summed E-state index contributed by atoms with van der Waals surface area (Å²) in [6, 6.07) is 9.02. The topological polar surface area (TPSA) is 106 Å². The van der Waals surface area contributed by atoms with Gasteiger partial charge in [-0.25, -0.2) is 4.98 Å². The molecule has 1 aliphatic carbocycles. The molecule has 0 radical (unpaired) electrons. The van der Waals surface area contributed by atoms with Crippen LogP contribution in [0.4, 0.5) is 11.4 Å². The summed E-state index contributed by atoms with van der Waals surface area (Å²) in [5, 5.41) is 20.3. The fourth-order valence-electron chi connectivity index (χ4n) is 4.39. The number of nitrogens with zero attached hydrogens (tertiary/aromatic N) is 2. The van der Waals surface area contributed by atoms with Gasteiger partial charge < -0.3 is 11.1 Å². The number of nitro groups is 1. The Hall–Kier alpha value is -3.28. The van der Waals surface area contributed by atoms with Gasteiger partial charge in [-0.3, -0.25) is 10.1 Å². The fourth-order valence-corrected chi connectivity index (χ4v) is 4.39. The first kappa shape index (κ1) is 19.1. The maximum atomic E-state index is 11.4. The van der Waals surface area contributed by atoms with E-state index < -0.39 is 0 Å². The van der Waals surface area contributed by atoms with Crippen molar-refractivity contribution in [3.8, 4) is 11.3 Å². The van der Waals surface area contributed by atoms with Crippen molar-refractivity contribution in [2.45, 2.75) is 45.4 Å². The van der Waals surface area contributed by atoms with E-state index in [2.05, 4.69) is 0 Å². The maximum absolute atomic E-state index is 11.4. The first-order chi connectivity index (χ1) is 13.9. The minimum atomic E-state index is -0.318. The molecule has 0 amide bonds. The third-order valence-electron chi connectivity index (χ3n) is 5.81. The van der Waals surface area contributed by atoms with E-state index in [0.29, 0.717) is 5.69 Å². The van der Waals surface area contributed by atoms with Crippen LogP contribution in [0.1, 0.15) is 54.9 Å². The van der Waals surface area contributed by atoms with E-state index in [0.717, 1.165) is 59.0 Å². The molecule has 0 fully saturated rings. The van der Waals surface area contributed by atoms with Gasteiger partial charge in [-0.15, -0.1) is 0 Å². The van der Waals surface area contributed by atoms with Gasteiger partial charge in [0.25, 0.3) is 5.69 Å². The third kappa shape index (κ3) is 3.14. The van der Waals surface area contributed by atoms with Crippen LogP contribution in [0.15, 0.2) is 30.3 Å². The van der Waals surface area contributed by atoms with Crippen molar-refractivity contribution in [1.82, 2.24) is 4.98 Å². The van der Waals surface area contributed by atoms with E-state index in [1.807, 2.05) is 32.0 Å². The summed E-state index contributed by atoms with van der Waals surface area (Å²) in [6.07, 6.45) is 5.33. The predicted octanol–water partition coefficient (Wildman–Crippen LogP) is 5.39. The molecule has 0 saturated heterocycles. The number of aryl methyl sites for hydroxylation is 1. The van der Waals surface area contributed by atoms with Crippen molar-refractivity contribution in [2.75, 3.05) is 5.73 Å². The Labute approximate surface area is 169 Å². The summed E-state index contributed by atoms with van der Waals surface area (Å²) in [5.41, 5.74) is 13.3. The standard InChI is InChI=1S/C23H24N4O2/c1-13(2)17-11-14(7-10-21(17)27(28)29)23-16-6-4-3-5-15(16)22-18(12-24)19(25)8-9-20(22)26-23/h7-13,24H,3-6,25H2,1-2H3. The van der Waals surface area contributed by atoms with E-state index in [1.54, 1.807) is 12.1 Å². The molecule has 3 aromatic rings. The van der Waals surface area contributed by atoms with Gasteiger partial charge in [0.15, 0.2) is 0 Å². The highest BCUT2D eigenvalue weighted by molar-refractivity contribution is 6.05. The van der Waals surface area contributed by atoms with Crippen LogP contribution in [-0.4, -0.2) is 16.1 Å². The molecule has 4 rings (SSSR count). The van der Waals surface area contributed by atoms with Crippen LogP contribution in [0.5, 0.6) is 0 Å². The Kier molecular flexibility index (Phi) is 4.78. The minimum absolute atomic E-state index is 0.0379. The smallest absolute Gasteiger partial charge is 0.272 e. The average molecular weight is 388 g/mol. The summed E-state index contributed by atoms with van der Waals surface area (Å²) >= 11 is 0. The van der Waals surface area contributed by atoms with Crippen LogP contribution in [-0.2, 0) is 12.8 Å². The minimum Gasteiger partial charge on any atom is -0.398 e. The Morgan fingerprint density at radius 3 is 2.55 bits per heavy atom. The van der Waals surface area contributed by atoms with Crippen molar-refractivity contribution in [3.63, 3.8) is 0 Å². The molecule has 1 heterocycles. The second kappa shape index (κ2) is 7.28. The number of nitrogens with two attached hydrogens (primary N) is 1. The highest BCUT2D eigenvalue weighted by Crippen LogP contribution is 2.39. The largest absolute Gasteiger partial charge is 0.398 e. The van der Waals surface area contributed by atoms with Gasteiger partial charge in [-0.1, -0.05) is 13.8 Å². The van der Waals surface area contributed by atoms with E-state index in [-0.39, 0.29) is 16.5 Å². The number of benzene rings is 2. The quantitative estimate of drug-likeness (QED) is 0.270. The Bertz CT molecular complexity index is 1150. The molecule has 0 atom stereocenters. The van der Waals surface area contributed by atoms with E-state index in [4.69, 9.17) is 16.1 Å². The summed E-state index contributed by atoms with van der Waals surface area (Å²) in [4.78, 5) is 16.1. The number of hydrogen-bond donors (Lipinski definition) is 2. The number of anilines is 1. The van der Waals surface area contributed by atoms with E-state index in [9.17, 15) is 10.1 Å². The Morgan fingerprint density at radius 1 is 1.17 bits per heavy atom. The molecule has 1 aromatic heterocycles. The number of pyridine rings is 1. The number of nitrogens with one attached hydrogen (secondary N) is 1. The van der Waals surface area contributed by atoms with Crippen molar-refractivity contribution in [1.29, 1.82) is 5.41 Å². The van der Waals surface area contributed by atoms with Gasteiger partial charge in [0, 0.05) is 40.0 Å². The highest BCUT2D eigenvalue weighted by atomic mass is 16.6. The zero-order valence-corrected chi connectivity index (χ0v) is 16.7. The van der Waals surface area contributed by atoms with Gasteiger partial charge in [-0.05, 0) is 67.0 Å². The van der Waals surface area contributed by atoms with Gasteiger partial charge >= 0.3 is 0 Å². The highest BCUT2D eigenvalue weighted by Gasteiger charge is 2.23. The SMILES string of the molecule is CC(C)c1cc(-c2nc3ccc(N)c(C=N)c3c3c2CCCC3)ccc1[N+](=O)[O-]. The number of nitrogen functional groups attached to an aromatic ring is 1. The van der Waals surface area contributed by atoms with E-state index >= 15 is 0 Å². The molecule has 6 heteroatoms. The number of fused-ring (bicyclic) bond motifs is 3. The van der Waals surface area contributed by atoms with Crippen molar-refractivity contribution < 1.29 is 4.92 Å². The van der Waals surface area contributed by atoms with Gasteiger partial charge in [0.2, 0.25) is 0 Å². The van der Waals surface area contributed by atoms with Crippen LogP contribution >= 0.6 is 0 Å². The number of nitro benzene ring substituents is 1. The third-order valence-corrected chi connectivity index (χ3v) is 5.81. The summed E-state index contributed by atoms with van der Waals surface area (Å²) in [7, 11) is 0. The van der Waals surface area contributed by atoms with Crippen LogP contribution in [0.3, 0.4) is 0 Å². The molecule has 1 aliphatic rings. The molecular formula is C23H24N4O2. The van der Waals surface area contributed by atoms with Crippen LogP contribution < -0.4 is 5.73 Å². The van der Waals surface area contributed by atoms with Crippen molar-refractivity contribution in [3.05, 3.63) is 62.7 Å². The average Bonchev–Trinajstić information content (AvgIpc) is 2.72. The summed E-state index contributed by atoms with van der Waals surface area (Å²) in [5.74, 6) is 0.0379. The summed E-state index contributed by atoms with van der Waals surface area (Å²) < 4.78 is 0. The van der Waals surface area contributed by atoms with Gasteiger partial charge in [0.1, 0.15) is 0 Å².